The molecule has 0 saturated heterocycles. The molecule has 0 aromatic carbocycles. The number of halogens is 3. The van der Waals surface area contributed by atoms with Gasteiger partial charge in [0.15, 0.2) is 5.13 Å². The average molecular weight is 264 g/mol. The van der Waals surface area contributed by atoms with Crippen LogP contribution in [0.3, 0.4) is 0 Å². The minimum atomic E-state index is -4.07. The topological polar surface area (TPSA) is 24.9 Å². The molecule has 96 valence electrons. The maximum atomic E-state index is 12.6. The van der Waals surface area contributed by atoms with Crippen LogP contribution in [0.4, 0.5) is 18.3 Å². The van der Waals surface area contributed by atoms with Gasteiger partial charge in [-0.3, -0.25) is 0 Å². The number of fused-ring (bicyclic) bond motifs is 1. The number of hydrogen-bond acceptors (Lipinski definition) is 3. The number of aryl methyl sites for hydroxylation is 1. The summed E-state index contributed by atoms with van der Waals surface area (Å²) in [5, 5.41) is 3.89. The minimum absolute atomic E-state index is 0.101. The average Bonchev–Trinajstić information content (AvgIpc) is 2.66. The van der Waals surface area contributed by atoms with E-state index in [1.807, 2.05) is 6.92 Å². The highest BCUT2D eigenvalue weighted by atomic mass is 32.1. The minimum Gasteiger partial charge on any atom is -0.362 e. The van der Waals surface area contributed by atoms with Crippen molar-refractivity contribution in [3.63, 3.8) is 0 Å². The second-order valence-corrected chi connectivity index (χ2v) is 5.38. The van der Waals surface area contributed by atoms with E-state index in [1.54, 1.807) is 0 Å². The first-order chi connectivity index (χ1) is 8.00. The van der Waals surface area contributed by atoms with Crippen LogP contribution in [0.15, 0.2) is 0 Å². The number of thiazole rings is 1. The van der Waals surface area contributed by atoms with Gasteiger partial charge >= 0.3 is 6.18 Å². The van der Waals surface area contributed by atoms with E-state index in [0.29, 0.717) is 6.42 Å². The molecule has 1 atom stereocenters. The Morgan fingerprint density at radius 3 is 2.88 bits per heavy atom. The fraction of sp³-hybridized carbons (Fsp3) is 0.727. The highest BCUT2D eigenvalue weighted by Crippen LogP contribution is 2.39. The summed E-state index contributed by atoms with van der Waals surface area (Å²) in [6.45, 7) is 2.86. The highest BCUT2D eigenvalue weighted by molar-refractivity contribution is 7.15. The van der Waals surface area contributed by atoms with Crippen molar-refractivity contribution in [3.8, 4) is 0 Å². The third-order valence-corrected chi connectivity index (χ3v) is 4.01. The lowest BCUT2D eigenvalue weighted by Gasteiger charge is -2.23. The summed E-state index contributed by atoms with van der Waals surface area (Å²) in [5.41, 5.74) is 0.856. The monoisotopic (exact) mass is 264 g/mol. The molecule has 0 spiro atoms. The Morgan fingerprint density at radius 1 is 1.47 bits per heavy atom. The second-order valence-electron chi connectivity index (χ2n) is 4.30. The van der Waals surface area contributed by atoms with Gasteiger partial charge in [0.2, 0.25) is 0 Å². The van der Waals surface area contributed by atoms with Crippen LogP contribution in [0.5, 0.6) is 0 Å². The third-order valence-electron chi connectivity index (χ3n) is 2.93. The summed E-state index contributed by atoms with van der Waals surface area (Å²) in [6.07, 6.45) is -2.37. The summed E-state index contributed by atoms with van der Waals surface area (Å²) >= 11 is 1.37. The zero-order valence-electron chi connectivity index (χ0n) is 9.60. The first-order valence-corrected chi connectivity index (χ1v) is 6.61. The van der Waals surface area contributed by atoms with Gasteiger partial charge in [0.25, 0.3) is 0 Å². The van der Waals surface area contributed by atoms with Gasteiger partial charge in [0.1, 0.15) is 0 Å². The maximum absolute atomic E-state index is 12.6. The van der Waals surface area contributed by atoms with Crippen LogP contribution in [-0.2, 0) is 12.8 Å². The Labute approximate surface area is 102 Å². The summed E-state index contributed by atoms with van der Waals surface area (Å²) in [5.74, 6) is -1.19. The molecule has 2 nitrogen and oxygen atoms in total. The molecule has 2 rings (SSSR count). The quantitative estimate of drug-likeness (QED) is 0.901. The van der Waals surface area contributed by atoms with Crippen LogP contribution in [0.1, 0.15) is 30.3 Å². The summed E-state index contributed by atoms with van der Waals surface area (Å²) in [4.78, 5) is 5.15. The smallest absolute Gasteiger partial charge is 0.362 e. The van der Waals surface area contributed by atoms with Gasteiger partial charge in [0, 0.05) is 11.4 Å². The van der Waals surface area contributed by atoms with Gasteiger partial charge in [-0.2, -0.15) is 13.2 Å². The van der Waals surface area contributed by atoms with Crippen LogP contribution < -0.4 is 5.32 Å². The molecule has 0 saturated carbocycles. The van der Waals surface area contributed by atoms with E-state index >= 15 is 0 Å². The molecule has 1 aliphatic carbocycles. The van der Waals surface area contributed by atoms with Crippen LogP contribution in [0.2, 0.25) is 0 Å². The van der Waals surface area contributed by atoms with Crippen molar-refractivity contribution in [2.45, 2.75) is 38.8 Å². The number of aromatic nitrogens is 1. The van der Waals surface area contributed by atoms with Crippen molar-refractivity contribution in [1.82, 2.24) is 4.98 Å². The lowest BCUT2D eigenvalue weighted by molar-refractivity contribution is -0.176. The first kappa shape index (κ1) is 12.7. The standard InChI is InChI=1S/C11H15F3N2S/c1-2-5-15-10-16-8-4-3-7(11(12,13)14)6-9(8)17-10/h7H,2-6H2,1H3,(H,15,16). The fourth-order valence-electron chi connectivity index (χ4n) is 1.96. The lowest BCUT2D eigenvalue weighted by atomic mass is 9.91. The van der Waals surface area contributed by atoms with Crippen molar-refractivity contribution in [2.24, 2.45) is 5.92 Å². The number of rotatable bonds is 3. The van der Waals surface area contributed by atoms with Gasteiger partial charge in [-0.05, 0) is 25.7 Å². The molecule has 0 fully saturated rings. The largest absolute Gasteiger partial charge is 0.392 e. The Balaban J connectivity index is 2.07. The molecule has 0 bridgehead atoms. The molecule has 1 aromatic rings. The van der Waals surface area contributed by atoms with Crippen LogP contribution in [0, 0.1) is 5.92 Å². The van der Waals surface area contributed by atoms with Gasteiger partial charge in [-0.15, -0.1) is 11.3 Å². The lowest BCUT2D eigenvalue weighted by Crippen LogP contribution is -2.28. The van der Waals surface area contributed by atoms with Crippen LogP contribution in [-0.4, -0.2) is 17.7 Å². The van der Waals surface area contributed by atoms with Crippen molar-refractivity contribution < 1.29 is 13.2 Å². The van der Waals surface area contributed by atoms with Gasteiger partial charge in [-0.1, -0.05) is 6.92 Å². The van der Waals surface area contributed by atoms with Crippen molar-refractivity contribution in [3.05, 3.63) is 10.6 Å². The SMILES string of the molecule is CCCNc1nc2c(s1)CC(C(F)(F)F)CC2. The zero-order chi connectivity index (χ0) is 12.5. The van der Waals surface area contributed by atoms with Crippen molar-refractivity contribution >= 4 is 16.5 Å². The number of anilines is 1. The summed E-state index contributed by atoms with van der Waals surface area (Å²) < 4.78 is 37.8. The zero-order valence-corrected chi connectivity index (χ0v) is 10.4. The normalized spacial score (nSPS) is 20.1. The van der Waals surface area contributed by atoms with Crippen molar-refractivity contribution in [1.29, 1.82) is 0 Å². The van der Waals surface area contributed by atoms with Gasteiger partial charge < -0.3 is 5.32 Å². The Bertz CT molecular complexity index is 387. The number of hydrogen-bond donors (Lipinski definition) is 1. The van der Waals surface area contributed by atoms with Crippen molar-refractivity contribution in [2.75, 3.05) is 11.9 Å². The van der Waals surface area contributed by atoms with Gasteiger partial charge in [-0.25, -0.2) is 4.98 Å². The molecule has 0 amide bonds. The van der Waals surface area contributed by atoms with E-state index in [2.05, 4.69) is 10.3 Å². The van der Waals surface area contributed by atoms with E-state index in [-0.39, 0.29) is 12.8 Å². The van der Waals surface area contributed by atoms with E-state index in [9.17, 15) is 13.2 Å². The molecule has 1 N–H and O–H groups in total. The van der Waals surface area contributed by atoms with E-state index in [4.69, 9.17) is 0 Å². The van der Waals surface area contributed by atoms with Gasteiger partial charge in [0.05, 0.1) is 11.6 Å². The summed E-state index contributed by atoms with van der Waals surface area (Å²) in [7, 11) is 0. The van der Waals surface area contributed by atoms with Crippen LogP contribution >= 0.6 is 11.3 Å². The molecule has 1 aromatic heterocycles. The Morgan fingerprint density at radius 2 is 2.24 bits per heavy atom. The molecule has 6 heteroatoms. The van der Waals surface area contributed by atoms with E-state index in [0.717, 1.165) is 28.7 Å². The Hall–Kier alpha value is -0.780. The predicted molar refractivity (Wildman–Crippen MR) is 62.5 cm³/mol. The molecule has 0 radical (unpaired) electrons. The number of nitrogens with zero attached hydrogens (tertiary/aromatic N) is 1. The first-order valence-electron chi connectivity index (χ1n) is 5.80. The molecule has 1 aliphatic rings. The molecule has 17 heavy (non-hydrogen) atoms. The van der Waals surface area contributed by atoms with Crippen LogP contribution in [0.25, 0.3) is 0 Å². The predicted octanol–water partition coefficient (Wildman–Crippen LogP) is 3.63. The second kappa shape index (κ2) is 4.84. The fourth-order valence-corrected chi connectivity index (χ4v) is 3.08. The highest BCUT2D eigenvalue weighted by Gasteiger charge is 2.42. The Kier molecular flexibility index (Phi) is 3.61. The number of alkyl halides is 3. The number of nitrogens with one attached hydrogen (secondary N) is 1. The third kappa shape index (κ3) is 2.91. The summed E-state index contributed by atoms with van der Waals surface area (Å²) in [6, 6.07) is 0. The maximum Gasteiger partial charge on any atom is 0.392 e. The molecular weight excluding hydrogens is 249 g/mol. The molecule has 1 heterocycles. The molecular formula is C11H15F3N2S. The molecule has 1 unspecified atom stereocenters. The van der Waals surface area contributed by atoms with E-state index in [1.165, 1.54) is 11.3 Å². The van der Waals surface area contributed by atoms with E-state index < -0.39 is 12.1 Å². The molecule has 0 aliphatic heterocycles.